The summed E-state index contributed by atoms with van der Waals surface area (Å²) in [6.45, 7) is 2.21. The number of rotatable bonds is 4. The molecule has 0 aliphatic heterocycles. The monoisotopic (exact) mass is 357 g/mol. The maximum atomic E-state index is 13.1. The smallest absolute Gasteiger partial charge is 0.138 e. The van der Waals surface area contributed by atoms with E-state index < -0.39 is 0 Å². The number of benzene rings is 2. The van der Waals surface area contributed by atoms with E-state index in [0.717, 1.165) is 11.1 Å². The molecule has 2 aromatic carbocycles. The highest BCUT2D eigenvalue weighted by molar-refractivity contribution is 9.10. The van der Waals surface area contributed by atoms with Crippen LogP contribution in [0.15, 0.2) is 40.9 Å². The second kappa shape index (κ2) is 6.57. The molecule has 0 saturated carbocycles. The van der Waals surface area contributed by atoms with E-state index in [-0.39, 0.29) is 11.9 Å². The average Bonchev–Trinajstić information content (AvgIpc) is 2.41. The maximum absolute atomic E-state index is 13.1. The number of halogens is 3. The second-order valence-corrected chi connectivity index (χ2v) is 5.78. The molecule has 2 aromatic rings. The van der Waals surface area contributed by atoms with Gasteiger partial charge in [-0.2, -0.15) is 0 Å². The number of ether oxygens (including phenoxy) is 1. The molecule has 0 bridgehead atoms. The molecule has 1 atom stereocenters. The van der Waals surface area contributed by atoms with Gasteiger partial charge in [0.25, 0.3) is 0 Å². The van der Waals surface area contributed by atoms with Gasteiger partial charge in [-0.05, 0) is 58.2 Å². The first-order chi connectivity index (χ1) is 9.47. The molecule has 0 fully saturated rings. The summed E-state index contributed by atoms with van der Waals surface area (Å²) >= 11 is 9.29. The maximum Gasteiger partial charge on any atom is 0.138 e. The fourth-order valence-corrected chi connectivity index (χ4v) is 2.38. The van der Waals surface area contributed by atoms with Gasteiger partial charge in [-0.3, -0.25) is 0 Å². The molecular weight excluding hydrogens is 345 g/mol. The molecule has 0 saturated heterocycles. The van der Waals surface area contributed by atoms with Gasteiger partial charge in [-0.25, -0.2) is 4.39 Å². The van der Waals surface area contributed by atoms with E-state index in [1.165, 1.54) is 6.07 Å². The van der Waals surface area contributed by atoms with Gasteiger partial charge >= 0.3 is 0 Å². The fraction of sp³-hybridized carbons (Fsp3) is 0.200. The zero-order valence-corrected chi connectivity index (χ0v) is 13.2. The SMILES string of the molecule is CC(N)c1ccc(OCc2ccc(F)c(Br)c2)c(Cl)c1. The Morgan fingerprint density at radius 2 is 2.05 bits per heavy atom. The molecular formula is C15H14BrClFNO. The summed E-state index contributed by atoms with van der Waals surface area (Å²) in [7, 11) is 0. The first-order valence-corrected chi connectivity index (χ1v) is 7.26. The normalized spacial score (nSPS) is 12.2. The summed E-state index contributed by atoms with van der Waals surface area (Å²) < 4.78 is 19.2. The molecule has 5 heteroatoms. The van der Waals surface area contributed by atoms with Gasteiger partial charge in [0.1, 0.15) is 18.2 Å². The predicted molar refractivity (Wildman–Crippen MR) is 82.5 cm³/mol. The van der Waals surface area contributed by atoms with E-state index in [1.807, 2.05) is 13.0 Å². The van der Waals surface area contributed by atoms with Crippen LogP contribution in [0.5, 0.6) is 5.75 Å². The van der Waals surface area contributed by atoms with Crippen molar-refractivity contribution in [2.24, 2.45) is 5.73 Å². The minimum Gasteiger partial charge on any atom is -0.487 e. The van der Waals surface area contributed by atoms with Gasteiger partial charge in [0.05, 0.1) is 9.50 Å². The molecule has 0 aromatic heterocycles. The first kappa shape index (κ1) is 15.3. The van der Waals surface area contributed by atoms with Crippen LogP contribution in [-0.4, -0.2) is 0 Å². The first-order valence-electron chi connectivity index (χ1n) is 6.09. The summed E-state index contributed by atoms with van der Waals surface area (Å²) in [5.74, 6) is 0.282. The van der Waals surface area contributed by atoms with E-state index in [9.17, 15) is 4.39 Å². The topological polar surface area (TPSA) is 35.2 Å². The lowest BCUT2D eigenvalue weighted by atomic mass is 10.1. The number of hydrogen-bond donors (Lipinski definition) is 1. The van der Waals surface area contributed by atoms with Crippen LogP contribution >= 0.6 is 27.5 Å². The highest BCUT2D eigenvalue weighted by Crippen LogP contribution is 2.28. The molecule has 0 aliphatic rings. The Morgan fingerprint density at radius 3 is 2.65 bits per heavy atom. The van der Waals surface area contributed by atoms with Crippen molar-refractivity contribution in [1.82, 2.24) is 0 Å². The third-order valence-electron chi connectivity index (χ3n) is 2.86. The minimum atomic E-state index is -0.298. The molecule has 2 N–H and O–H groups in total. The van der Waals surface area contributed by atoms with Crippen molar-refractivity contribution in [2.45, 2.75) is 19.6 Å². The van der Waals surface area contributed by atoms with Gasteiger partial charge in [-0.1, -0.05) is 23.7 Å². The van der Waals surface area contributed by atoms with Gasteiger partial charge in [0, 0.05) is 6.04 Å². The van der Waals surface area contributed by atoms with Crippen molar-refractivity contribution in [3.05, 3.63) is 62.8 Å². The van der Waals surface area contributed by atoms with Crippen molar-refractivity contribution in [2.75, 3.05) is 0 Å². The van der Waals surface area contributed by atoms with E-state index in [4.69, 9.17) is 22.1 Å². The summed E-state index contributed by atoms with van der Waals surface area (Å²) in [5, 5.41) is 0.515. The summed E-state index contributed by atoms with van der Waals surface area (Å²) in [6.07, 6.45) is 0. The highest BCUT2D eigenvalue weighted by atomic mass is 79.9. The minimum absolute atomic E-state index is 0.0744. The molecule has 2 nitrogen and oxygen atoms in total. The van der Waals surface area contributed by atoms with Crippen LogP contribution in [0.25, 0.3) is 0 Å². The largest absolute Gasteiger partial charge is 0.487 e. The molecule has 2 rings (SSSR count). The van der Waals surface area contributed by atoms with E-state index in [1.54, 1.807) is 24.3 Å². The van der Waals surface area contributed by atoms with Gasteiger partial charge in [0.2, 0.25) is 0 Å². The van der Waals surface area contributed by atoms with Crippen LogP contribution in [0.4, 0.5) is 4.39 Å². The number of nitrogens with two attached hydrogens (primary N) is 1. The van der Waals surface area contributed by atoms with Crippen molar-refractivity contribution < 1.29 is 9.13 Å². The summed E-state index contributed by atoms with van der Waals surface area (Å²) in [6, 6.07) is 10.1. The summed E-state index contributed by atoms with van der Waals surface area (Å²) in [5.41, 5.74) is 7.59. The predicted octanol–water partition coefficient (Wildman–Crippen LogP) is 4.84. The van der Waals surface area contributed by atoms with Crippen molar-refractivity contribution >= 4 is 27.5 Å². The lowest BCUT2D eigenvalue weighted by Gasteiger charge is -2.11. The zero-order valence-electron chi connectivity index (χ0n) is 10.9. The lowest BCUT2D eigenvalue weighted by Crippen LogP contribution is -2.05. The molecule has 0 aliphatic carbocycles. The standard InChI is InChI=1S/C15H14BrClFNO/c1-9(19)11-3-5-15(13(17)7-11)20-8-10-2-4-14(18)12(16)6-10/h2-7,9H,8,19H2,1H3. The molecule has 106 valence electrons. The lowest BCUT2D eigenvalue weighted by molar-refractivity contribution is 0.306. The molecule has 0 amide bonds. The molecule has 1 unspecified atom stereocenters. The fourth-order valence-electron chi connectivity index (χ4n) is 1.71. The Labute approximate surface area is 130 Å². The van der Waals surface area contributed by atoms with Crippen LogP contribution in [0, 0.1) is 5.82 Å². The third kappa shape index (κ3) is 3.72. The van der Waals surface area contributed by atoms with Crippen molar-refractivity contribution in [3.8, 4) is 5.75 Å². The molecule has 20 heavy (non-hydrogen) atoms. The van der Waals surface area contributed by atoms with Crippen LogP contribution in [0.1, 0.15) is 24.1 Å². The van der Waals surface area contributed by atoms with Gasteiger partial charge in [-0.15, -0.1) is 0 Å². The zero-order chi connectivity index (χ0) is 14.7. The van der Waals surface area contributed by atoms with Crippen LogP contribution in [0.2, 0.25) is 5.02 Å². The molecule has 0 radical (unpaired) electrons. The van der Waals surface area contributed by atoms with Crippen molar-refractivity contribution in [3.63, 3.8) is 0 Å². The Morgan fingerprint density at radius 1 is 1.30 bits per heavy atom. The Hall–Kier alpha value is -1.10. The molecule has 0 spiro atoms. The van der Waals surface area contributed by atoms with Crippen LogP contribution < -0.4 is 10.5 Å². The van der Waals surface area contributed by atoms with E-state index >= 15 is 0 Å². The number of hydrogen-bond acceptors (Lipinski definition) is 2. The quantitative estimate of drug-likeness (QED) is 0.848. The van der Waals surface area contributed by atoms with Gasteiger partial charge in [0.15, 0.2) is 0 Å². The Bertz CT molecular complexity index is 619. The molecule has 0 heterocycles. The third-order valence-corrected chi connectivity index (χ3v) is 3.76. The van der Waals surface area contributed by atoms with E-state index in [0.29, 0.717) is 21.9 Å². The second-order valence-electron chi connectivity index (χ2n) is 4.52. The van der Waals surface area contributed by atoms with Gasteiger partial charge < -0.3 is 10.5 Å². The van der Waals surface area contributed by atoms with E-state index in [2.05, 4.69) is 15.9 Å². The van der Waals surface area contributed by atoms with Crippen molar-refractivity contribution in [1.29, 1.82) is 0 Å². The Balaban J connectivity index is 2.09. The highest BCUT2D eigenvalue weighted by Gasteiger charge is 2.07. The van der Waals surface area contributed by atoms with Crippen LogP contribution in [0.3, 0.4) is 0 Å². The Kier molecular flexibility index (Phi) is 5.02. The average molecular weight is 359 g/mol. The summed E-state index contributed by atoms with van der Waals surface area (Å²) in [4.78, 5) is 0. The van der Waals surface area contributed by atoms with Crippen LogP contribution in [-0.2, 0) is 6.61 Å².